The summed E-state index contributed by atoms with van der Waals surface area (Å²) in [5, 5.41) is 4.12. The van der Waals surface area contributed by atoms with E-state index >= 15 is 0 Å². The molecule has 0 amide bonds. The van der Waals surface area contributed by atoms with Gasteiger partial charge in [0.25, 0.3) is 0 Å². The summed E-state index contributed by atoms with van der Waals surface area (Å²) in [7, 11) is 1.69. The van der Waals surface area contributed by atoms with E-state index in [1.807, 2.05) is 42.8 Å². The molecule has 0 spiro atoms. The van der Waals surface area contributed by atoms with E-state index in [9.17, 15) is 0 Å². The van der Waals surface area contributed by atoms with E-state index in [-0.39, 0.29) is 6.04 Å². The monoisotopic (exact) mass is 293 g/mol. The minimum absolute atomic E-state index is 0.181. The number of anilines is 1. The molecule has 0 aliphatic heterocycles. The van der Waals surface area contributed by atoms with Gasteiger partial charge in [0.15, 0.2) is 0 Å². The quantitative estimate of drug-likeness (QED) is 0.915. The SMILES string of the molecule is COCC(C)Nc1nc(C)cn1-c1cccc(Cl)c1C. The summed E-state index contributed by atoms with van der Waals surface area (Å²) < 4.78 is 7.18. The molecule has 1 unspecified atom stereocenters. The molecule has 4 nitrogen and oxygen atoms in total. The number of ether oxygens (including phenoxy) is 1. The molecule has 0 radical (unpaired) electrons. The maximum Gasteiger partial charge on any atom is 0.208 e. The Morgan fingerprint density at radius 2 is 2.15 bits per heavy atom. The average Bonchev–Trinajstić information content (AvgIpc) is 2.74. The van der Waals surface area contributed by atoms with Crippen LogP contribution in [0.4, 0.5) is 5.95 Å². The minimum atomic E-state index is 0.181. The lowest BCUT2D eigenvalue weighted by molar-refractivity contribution is 0.190. The number of nitrogens with one attached hydrogen (secondary N) is 1. The number of hydrogen-bond acceptors (Lipinski definition) is 3. The molecule has 20 heavy (non-hydrogen) atoms. The van der Waals surface area contributed by atoms with Crippen LogP contribution in [0, 0.1) is 13.8 Å². The number of aryl methyl sites for hydroxylation is 1. The van der Waals surface area contributed by atoms with Crippen LogP contribution in [0.5, 0.6) is 0 Å². The highest BCUT2D eigenvalue weighted by molar-refractivity contribution is 6.31. The van der Waals surface area contributed by atoms with E-state index < -0.39 is 0 Å². The van der Waals surface area contributed by atoms with E-state index in [2.05, 4.69) is 17.2 Å². The van der Waals surface area contributed by atoms with Crippen molar-refractivity contribution in [3.8, 4) is 5.69 Å². The van der Waals surface area contributed by atoms with Gasteiger partial charge in [0, 0.05) is 24.4 Å². The van der Waals surface area contributed by atoms with Crippen molar-refractivity contribution >= 4 is 17.5 Å². The van der Waals surface area contributed by atoms with Crippen LogP contribution >= 0.6 is 11.6 Å². The van der Waals surface area contributed by atoms with Crippen molar-refractivity contribution in [2.45, 2.75) is 26.8 Å². The predicted octanol–water partition coefficient (Wildman–Crippen LogP) is 3.59. The van der Waals surface area contributed by atoms with Gasteiger partial charge in [0.1, 0.15) is 0 Å². The molecule has 5 heteroatoms. The van der Waals surface area contributed by atoms with Crippen LogP contribution in [0.3, 0.4) is 0 Å². The summed E-state index contributed by atoms with van der Waals surface area (Å²) in [5.41, 5.74) is 3.02. The Hall–Kier alpha value is -1.52. The molecule has 1 aromatic heterocycles. The van der Waals surface area contributed by atoms with E-state index in [1.54, 1.807) is 7.11 Å². The number of rotatable bonds is 5. The second-order valence-corrected chi connectivity index (χ2v) is 5.37. The molecule has 108 valence electrons. The Bertz CT molecular complexity index is 595. The third-order valence-electron chi connectivity index (χ3n) is 3.12. The first-order valence-electron chi connectivity index (χ1n) is 6.60. The zero-order valence-electron chi connectivity index (χ0n) is 12.3. The summed E-state index contributed by atoms with van der Waals surface area (Å²) in [6, 6.07) is 6.06. The number of hydrogen-bond donors (Lipinski definition) is 1. The summed E-state index contributed by atoms with van der Waals surface area (Å²) in [6.07, 6.45) is 2.00. The van der Waals surface area contributed by atoms with Gasteiger partial charge in [-0.25, -0.2) is 4.98 Å². The van der Waals surface area contributed by atoms with Crippen molar-refractivity contribution in [2.75, 3.05) is 19.0 Å². The highest BCUT2D eigenvalue weighted by Gasteiger charge is 2.13. The van der Waals surface area contributed by atoms with Gasteiger partial charge in [-0.2, -0.15) is 0 Å². The van der Waals surface area contributed by atoms with Crippen LogP contribution in [0.2, 0.25) is 5.02 Å². The van der Waals surface area contributed by atoms with Gasteiger partial charge < -0.3 is 10.1 Å². The number of benzene rings is 1. The Morgan fingerprint density at radius 3 is 2.85 bits per heavy atom. The average molecular weight is 294 g/mol. The van der Waals surface area contributed by atoms with E-state index in [0.717, 1.165) is 27.9 Å². The van der Waals surface area contributed by atoms with Crippen LogP contribution in [0.1, 0.15) is 18.2 Å². The maximum absolute atomic E-state index is 6.20. The van der Waals surface area contributed by atoms with Crippen molar-refractivity contribution in [3.05, 3.63) is 40.7 Å². The first-order chi connectivity index (χ1) is 9.52. The zero-order chi connectivity index (χ0) is 14.7. The summed E-state index contributed by atoms with van der Waals surface area (Å²) in [4.78, 5) is 4.53. The maximum atomic E-state index is 6.20. The molecule has 1 aromatic carbocycles. The summed E-state index contributed by atoms with van der Waals surface area (Å²) in [6.45, 7) is 6.67. The predicted molar refractivity (Wildman–Crippen MR) is 83.0 cm³/mol. The van der Waals surface area contributed by atoms with Crippen LogP contribution < -0.4 is 5.32 Å². The summed E-state index contributed by atoms with van der Waals surface area (Å²) in [5.74, 6) is 0.803. The van der Waals surface area contributed by atoms with Crippen molar-refractivity contribution in [3.63, 3.8) is 0 Å². The number of nitrogens with zero attached hydrogens (tertiary/aromatic N) is 2. The lowest BCUT2D eigenvalue weighted by Gasteiger charge is -2.16. The van der Waals surface area contributed by atoms with Gasteiger partial charge in [-0.1, -0.05) is 17.7 Å². The Kier molecular flexibility index (Phi) is 4.68. The van der Waals surface area contributed by atoms with Gasteiger partial charge in [0.2, 0.25) is 5.95 Å². The van der Waals surface area contributed by atoms with E-state index in [4.69, 9.17) is 16.3 Å². The first kappa shape index (κ1) is 14.9. The number of halogens is 1. The Morgan fingerprint density at radius 1 is 1.40 bits per heavy atom. The lowest BCUT2D eigenvalue weighted by Crippen LogP contribution is -2.23. The fourth-order valence-electron chi connectivity index (χ4n) is 2.15. The topological polar surface area (TPSA) is 39.1 Å². The molecular weight excluding hydrogens is 274 g/mol. The second-order valence-electron chi connectivity index (χ2n) is 4.96. The highest BCUT2D eigenvalue weighted by Crippen LogP contribution is 2.25. The van der Waals surface area contributed by atoms with Gasteiger partial charge in [-0.3, -0.25) is 4.57 Å². The molecule has 0 saturated carbocycles. The van der Waals surface area contributed by atoms with Crippen LogP contribution in [0.25, 0.3) is 5.69 Å². The Balaban J connectivity index is 2.39. The third-order valence-corrected chi connectivity index (χ3v) is 3.53. The molecule has 2 aromatic rings. The van der Waals surface area contributed by atoms with Crippen molar-refractivity contribution < 1.29 is 4.74 Å². The molecule has 1 heterocycles. The molecule has 2 rings (SSSR count). The third kappa shape index (κ3) is 3.14. The standard InChI is InChI=1S/C15H20ClN3O/c1-10-8-19(14-7-5-6-13(16)12(14)3)15(17-10)18-11(2)9-20-4/h5-8,11H,9H2,1-4H3,(H,17,18). The van der Waals surface area contributed by atoms with Crippen molar-refractivity contribution in [2.24, 2.45) is 0 Å². The minimum Gasteiger partial charge on any atom is -0.383 e. The van der Waals surface area contributed by atoms with E-state index in [0.29, 0.717) is 6.61 Å². The van der Waals surface area contributed by atoms with Gasteiger partial charge in [-0.05, 0) is 38.5 Å². The molecule has 0 aliphatic rings. The van der Waals surface area contributed by atoms with Crippen molar-refractivity contribution in [1.29, 1.82) is 0 Å². The molecule has 1 atom stereocenters. The van der Waals surface area contributed by atoms with Crippen molar-refractivity contribution in [1.82, 2.24) is 9.55 Å². The molecule has 0 saturated heterocycles. The van der Waals surface area contributed by atoms with Gasteiger partial charge in [0.05, 0.1) is 18.0 Å². The molecule has 1 N–H and O–H groups in total. The largest absolute Gasteiger partial charge is 0.383 e. The molecule has 0 bridgehead atoms. The van der Waals surface area contributed by atoms with Crippen LogP contribution in [-0.2, 0) is 4.74 Å². The number of methoxy groups -OCH3 is 1. The molecule has 0 aliphatic carbocycles. The van der Waals surface area contributed by atoms with Gasteiger partial charge >= 0.3 is 0 Å². The number of aromatic nitrogens is 2. The number of imidazole rings is 1. The van der Waals surface area contributed by atoms with E-state index in [1.165, 1.54) is 0 Å². The zero-order valence-corrected chi connectivity index (χ0v) is 13.0. The molecular formula is C15H20ClN3O. The summed E-state index contributed by atoms with van der Waals surface area (Å²) >= 11 is 6.20. The Labute approximate surface area is 124 Å². The first-order valence-corrected chi connectivity index (χ1v) is 6.97. The van der Waals surface area contributed by atoms with Crippen LogP contribution in [0.15, 0.2) is 24.4 Å². The lowest BCUT2D eigenvalue weighted by atomic mass is 10.2. The molecule has 0 fully saturated rings. The van der Waals surface area contributed by atoms with Gasteiger partial charge in [-0.15, -0.1) is 0 Å². The van der Waals surface area contributed by atoms with Crippen LogP contribution in [-0.4, -0.2) is 29.3 Å². The highest BCUT2D eigenvalue weighted by atomic mass is 35.5. The fraction of sp³-hybridized carbons (Fsp3) is 0.400. The normalized spacial score (nSPS) is 12.4. The fourth-order valence-corrected chi connectivity index (χ4v) is 2.32. The second kappa shape index (κ2) is 6.29. The smallest absolute Gasteiger partial charge is 0.208 e.